The number of methoxy groups -OCH3 is 2. The summed E-state index contributed by atoms with van der Waals surface area (Å²) in [6.07, 6.45) is 2.13. The molecule has 2 heterocycles. The highest BCUT2D eigenvalue weighted by Gasteiger charge is 2.37. The fraction of sp³-hybridized carbons (Fsp3) is 0.643. The van der Waals surface area contributed by atoms with Crippen LogP contribution in [0.4, 0.5) is 0 Å². The third-order valence-electron chi connectivity index (χ3n) is 3.68. The summed E-state index contributed by atoms with van der Waals surface area (Å²) in [6.45, 7) is 4.39. The van der Waals surface area contributed by atoms with Gasteiger partial charge in [-0.1, -0.05) is 0 Å². The normalized spacial score (nSPS) is 17.8. The number of esters is 1. The van der Waals surface area contributed by atoms with E-state index in [4.69, 9.17) is 9.47 Å². The number of fused-ring (bicyclic) bond motifs is 1. The Balaban J connectivity index is 2.34. The van der Waals surface area contributed by atoms with Gasteiger partial charge in [0.15, 0.2) is 0 Å². The molecule has 2 rings (SSSR count). The van der Waals surface area contributed by atoms with Crippen molar-refractivity contribution in [2.75, 3.05) is 20.8 Å². The molecule has 1 atom stereocenters. The molecule has 0 aliphatic carbocycles. The summed E-state index contributed by atoms with van der Waals surface area (Å²) in [4.78, 5) is 30.0. The van der Waals surface area contributed by atoms with E-state index in [1.54, 1.807) is 6.33 Å². The first-order valence-corrected chi connectivity index (χ1v) is 6.90. The zero-order valence-corrected chi connectivity index (χ0v) is 12.8. The average Bonchev–Trinajstić information content (AvgIpc) is 2.88. The Hall–Kier alpha value is -1.89. The number of imidazole rings is 1. The zero-order valence-electron chi connectivity index (χ0n) is 12.8. The van der Waals surface area contributed by atoms with Crippen LogP contribution in [0.1, 0.15) is 31.3 Å². The van der Waals surface area contributed by atoms with Crippen molar-refractivity contribution in [2.45, 2.75) is 38.9 Å². The van der Waals surface area contributed by atoms with Gasteiger partial charge in [-0.15, -0.1) is 0 Å². The van der Waals surface area contributed by atoms with Gasteiger partial charge in [-0.05, 0) is 13.8 Å². The summed E-state index contributed by atoms with van der Waals surface area (Å²) in [5, 5.41) is 0. The third-order valence-corrected chi connectivity index (χ3v) is 3.68. The van der Waals surface area contributed by atoms with Crippen LogP contribution in [-0.2, 0) is 32.0 Å². The highest BCUT2D eigenvalue weighted by Crippen LogP contribution is 2.25. The summed E-state index contributed by atoms with van der Waals surface area (Å²) < 4.78 is 11.7. The number of nitrogens with zero attached hydrogens (tertiary/aromatic N) is 3. The van der Waals surface area contributed by atoms with Crippen molar-refractivity contribution in [1.29, 1.82) is 0 Å². The van der Waals surface area contributed by atoms with Crippen LogP contribution in [0, 0.1) is 0 Å². The monoisotopic (exact) mass is 295 g/mol. The molecule has 0 spiro atoms. The van der Waals surface area contributed by atoms with Gasteiger partial charge in [0, 0.05) is 19.6 Å². The quantitative estimate of drug-likeness (QED) is 0.758. The average molecular weight is 295 g/mol. The van der Waals surface area contributed by atoms with E-state index in [1.165, 1.54) is 19.1 Å². The second kappa shape index (κ2) is 6.26. The molecular formula is C14H21N3O4. The topological polar surface area (TPSA) is 73.7 Å². The van der Waals surface area contributed by atoms with E-state index < -0.39 is 12.0 Å². The van der Waals surface area contributed by atoms with Gasteiger partial charge in [-0.2, -0.15) is 0 Å². The number of carbonyl (C=O) groups excluding carboxylic acids is 2. The number of hydrogen-bond acceptors (Lipinski definition) is 5. The molecule has 1 aliphatic heterocycles. The summed E-state index contributed by atoms with van der Waals surface area (Å²) >= 11 is 0. The minimum atomic E-state index is -0.638. The first kappa shape index (κ1) is 15.5. The van der Waals surface area contributed by atoms with Gasteiger partial charge < -0.3 is 18.9 Å². The van der Waals surface area contributed by atoms with Crippen LogP contribution in [0.2, 0.25) is 0 Å². The van der Waals surface area contributed by atoms with Crippen LogP contribution in [-0.4, -0.2) is 53.2 Å². The highest BCUT2D eigenvalue weighted by atomic mass is 16.5. The SMILES string of the molecule is COCC(=O)N1Cc2c(ncn2C(C)C)CC1C(=O)OC. The van der Waals surface area contributed by atoms with E-state index >= 15 is 0 Å². The number of ether oxygens (including phenoxy) is 2. The maximum Gasteiger partial charge on any atom is 0.329 e. The Morgan fingerprint density at radius 3 is 2.71 bits per heavy atom. The Morgan fingerprint density at radius 1 is 1.43 bits per heavy atom. The van der Waals surface area contributed by atoms with Gasteiger partial charge in [0.2, 0.25) is 5.91 Å². The maximum atomic E-state index is 12.2. The molecule has 1 aromatic heterocycles. The number of hydrogen-bond donors (Lipinski definition) is 0. The van der Waals surface area contributed by atoms with Crippen molar-refractivity contribution in [1.82, 2.24) is 14.5 Å². The van der Waals surface area contributed by atoms with Gasteiger partial charge in [0.25, 0.3) is 0 Å². The van der Waals surface area contributed by atoms with Crippen molar-refractivity contribution in [3.05, 3.63) is 17.7 Å². The summed E-state index contributed by atoms with van der Waals surface area (Å²) in [7, 11) is 2.78. The third kappa shape index (κ3) is 2.92. The molecule has 0 bridgehead atoms. The van der Waals surface area contributed by atoms with Crippen LogP contribution in [0.25, 0.3) is 0 Å². The van der Waals surface area contributed by atoms with E-state index in [2.05, 4.69) is 18.8 Å². The molecular weight excluding hydrogens is 274 g/mol. The number of carbonyl (C=O) groups is 2. The molecule has 21 heavy (non-hydrogen) atoms. The molecule has 116 valence electrons. The molecule has 7 heteroatoms. The molecule has 0 aromatic carbocycles. The predicted molar refractivity (Wildman–Crippen MR) is 74.5 cm³/mol. The first-order chi connectivity index (χ1) is 9.99. The van der Waals surface area contributed by atoms with Crippen LogP contribution >= 0.6 is 0 Å². The summed E-state index contributed by atoms with van der Waals surface area (Å²) in [6, 6.07) is -0.393. The van der Waals surface area contributed by atoms with Crippen molar-refractivity contribution >= 4 is 11.9 Å². The lowest BCUT2D eigenvalue weighted by Crippen LogP contribution is -2.50. The zero-order chi connectivity index (χ0) is 15.6. The summed E-state index contributed by atoms with van der Waals surface area (Å²) in [5.41, 5.74) is 1.81. The Kier molecular flexibility index (Phi) is 4.62. The van der Waals surface area contributed by atoms with Gasteiger partial charge in [-0.3, -0.25) is 4.79 Å². The second-order valence-electron chi connectivity index (χ2n) is 5.34. The van der Waals surface area contributed by atoms with Gasteiger partial charge in [-0.25, -0.2) is 9.78 Å². The van der Waals surface area contributed by atoms with E-state index in [0.717, 1.165) is 11.4 Å². The van der Waals surface area contributed by atoms with Crippen LogP contribution in [0.3, 0.4) is 0 Å². The first-order valence-electron chi connectivity index (χ1n) is 6.90. The standard InChI is InChI=1S/C14H21N3O4/c1-9(2)17-8-15-10-5-11(14(19)21-4)16(6-12(10)17)13(18)7-20-3/h8-9,11H,5-7H2,1-4H3. The van der Waals surface area contributed by atoms with E-state index in [-0.39, 0.29) is 18.6 Å². The smallest absolute Gasteiger partial charge is 0.329 e. The van der Waals surface area contributed by atoms with Crippen LogP contribution < -0.4 is 0 Å². The molecule has 0 N–H and O–H groups in total. The van der Waals surface area contributed by atoms with Crippen molar-refractivity contribution in [3.8, 4) is 0 Å². The largest absolute Gasteiger partial charge is 0.467 e. The molecule has 1 aliphatic rings. The van der Waals surface area contributed by atoms with Crippen molar-refractivity contribution < 1.29 is 19.1 Å². The Morgan fingerprint density at radius 2 is 2.14 bits per heavy atom. The molecule has 0 saturated carbocycles. The lowest BCUT2D eigenvalue weighted by Gasteiger charge is -2.34. The molecule has 0 saturated heterocycles. The lowest BCUT2D eigenvalue weighted by atomic mass is 10.0. The second-order valence-corrected chi connectivity index (χ2v) is 5.34. The Bertz CT molecular complexity index is 538. The minimum absolute atomic E-state index is 0.0569. The van der Waals surface area contributed by atoms with Crippen LogP contribution in [0.5, 0.6) is 0 Å². The maximum absolute atomic E-state index is 12.2. The fourth-order valence-corrected chi connectivity index (χ4v) is 2.59. The lowest BCUT2D eigenvalue weighted by molar-refractivity contribution is -0.155. The minimum Gasteiger partial charge on any atom is -0.467 e. The predicted octanol–water partition coefficient (Wildman–Crippen LogP) is 0.537. The number of amides is 1. The molecule has 1 aromatic rings. The van der Waals surface area contributed by atoms with E-state index in [9.17, 15) is 9.59 Å². The van der Waals surface area contributed by atoms with E-state index in [0.29, 0.717) is 13.0 Å². The summed E-state index contributed by atoms with van der Waals surface area (Å²) in [5.74, 6) is -0.653. The van der Waals surface area contributed by atoms with E-state index in [1.807, 2.05) is 4.57 Å². The number of aromatic nitrogens is 2. The number of rotatable bonds is 4. The molecule has 0 fully saturated rings. The molecule has 7 nitrogen and oxygen atoms in total. The molecule has 0 radical (unpaired) electrons. The Labute approximate surface area is 123 Å². The highest BCUT2D eigenvalue weighted by molar-refractivity contribution is 5.85. The van der Waals surface area contributed by atoms with Gasteiger partial charge in [0.1, 0.15) is 12.6 Å². The van der Waals surface area contributed by atoms with Crippen molar-refractivity contribution in [2.24, 2.45) is 0 Å². The molecule has 1 amide bonds. The fourth-order valence-electron chi connectivity index (χ4n) is 2.59. The van der Waals surface area contributed by atoms with Gasteiger partial charge in [0.05, 0.1) is 31.4 Å². The van der Waals surface area contributed by atoms with Gasteiger partial charge >= 0.3 is 5.97 Å². The van der Waals surface area contributed by atoms with Crippen molar-refractivity contribution in [3.63, 3.8) is 0 Å². The molecule has 1 unspecified atom stereocenters. The van der Waals surface area contributed by atoms with Crippen LogP contribution in [0.15, 0.2) is 6.33 Å².